The first kappa shape index (κ1) is 20.7. The van der Waals surface area contributed by atoms with Crippen LogP contribution >= 0.6 is 11.6 Å². The van der Waals surface area contributed by atoms with E-state index in [1.165, 1.54) is 12.7 Å². The molecule has 0 aromatic heterocycles. The third-order valence-corrected chi connectivity index (χ3v) is 4.92. The van der Waals surface area contributed by atoms with E-state index in [1.807, 2.05) is 62.4 Å². The summed E-state index contributed by atoms with van der Waals surface area (Å²) in [5, 5.41) is 3.27. The van der Waals surface area contributed by atoms with Gasteiger partial charge in [0.15, 0.2) is 11.5 Å². The summed E-state index contributed by atoms with van der Waals surface area (Å²) in [5.74, 6) is 0.579. The van der Waals surface area contributed by atoms with E-state index in [1.54, 1.807) is 12.1 Å². The summed E-state index contributed by atoms with van der Waals surface area (Å²) < 4.78 is 11.3. The Morgan fingerprint density at radius 2 is 1.79 bits per heavy atom. The zero-order valence-corrected chi connectivity index (χ0v) is 17.5. The molecule has 0 spiro atoms. The Morgan fingerprint density at radius 1 is 1.07 bits per heavy atom. The van der Waals surface area contributed by atoms with Crippen LogP contribution in [0.15, 0.2) is 60.7 Å². The minimum atomic E-state index is -0.254. The number of para-hydroxylation sites is 1. The second-order valence-corrected chi connectivity index (χ2v) is 7.14. The Labute approximate surface area is 176 Å². The highest BCUT2D eigenvalue weighted by Gasteiger charge is 2.17. The molecule has 3 rings (SSSR count). The van der Waals surface area contributed by atoms with E-state index in [-0.39, 0.29) is 5.91 Å². The zero-order valence-electron chi connectivity index (χ0n) is 16.8. The monoisotopic (exact) mass is 409 g/mol. The summed E-state index contributed by atoms with van der Waals surface area (Å²) in [7, 11) is 1.53. The summed E-state index contributed by atoms with van der Waals surface area (Å²) in [6.07, 6.45) is 0.826. The average molecular weight is 410 g/mol. The number of aryl methyl sites for hydroxylation is 2. The molecule has 3 aromatic rings. The lowest BCUT2D eigenvalue weighted by molar-refractivity contribution is 0.102. The van der Waals surface area contributed by atoms with Crippen LogP contribution < -0.4 is 14.8 Å². The van der Waals surface area contributed by atoms with Crippen molar-refractivity contribution in [3.05, 3.63) is 87.9 Å². The van der Waals surface area contributed by atoms with Gasteiger partial charge in [-0.15, -0.1) is 0 Å². The molecule has 5 heteroatoms. The Kier molecular flexibility index (Phi) is 6.78. The van der Waals surface area contributed by atoms with E-state index >= 15 is 0 Å². The molecule has 1 N–H and O–H groups in total. The number of carbonyl (C=O) groups is 1. The lowest BCUT2D eigenvalue weighted by Gasteiger charge is -2.15. The number of hydrogen-bond acceptors (Lipinski definition) is 3. The van der Waals surface area contributed by atoms with Gasteiger partial charge in [-0.2, -0.15) is 0 Å². The number of benzene rings is 3. The molecule has 0 fully saturated rings. The highest BCUT2D eigenvalue weighted by Crippen LogP contribution is 2.37. The van der Waals surface area contributed by atoms with Crippen molar-refractivity contribution in [2.45, 2.75) is 26.9 Å². The molecule has 0 radical (unpaired) electrons. The third kappa shape index (κ3) is 5.09. The summed E-state index contributed by atoms with van der Waals surface area (Å²) in [5.41, 5.74) is 4.46. The number of amides is 1. The second-order valence-electron chi connectivity index (χ2n) is 6.73. The molecule has 0 saturated heterocycles. The average Bonchev–Trinajstić information content (AvgIpc) is 2.73. The Morgan fingerprint density at radius 3 is 2.48 bits per heavy atom. The van der Waals surface area contributed by atoms with E-state index < -0.39 is 0 Å². The fraction of sp³-hybridized carbons (Fsp3) is 0.208. The van der Waals surface area contributed by atoms with Crippen molar-refractivity contribution in [3.8, 4) is 11.5 Å². The van der Waals surface area contributed by atoms with Crippen LogP contribution in [0.4, 0.5) is 5.69 Å². The Balaban J connectivity index is 1.80. The maximum Gasteiger partial charge on any atom is 0.255 e. The van der Waals surface area contributed by atoms with Crippen LogP contribution in [0.3, 0.4) is 0 Å². The van der Waals surface area contributed by atoms with Crippen LogP contribution in [0.5, 0.6) is 11.5 Å². The lowest BCUT2D eigenvalue weighted by Crippen LogP contribution is -2.13. The molecule has 0 aliphatic heterocycles. The van der Waals surface area contributed by atoms with Crippen LogP contribution in [0.25, 0.3) is 0 Å². The number of hydrogen-bond donors (Lipinski definition) is 1. The highest BCUT2D eigenvalue weighted by atomic mass is 35.5. The molecule has 0 aliphatic carbocycles. The molecule has 3 aromatic carbocycles. The topological polar surface area (TPSA) is 47.6 Å². The van der Waals surface area contributed by atoms with Crippen molar-refractivity contribution in [2.75, 3.05) is 12.4 Å². The Hall–Kier alpha value is -2.98. The van der Waals surface area contributed by atoms with Gasteiger partial charge < -0.3 is 14.8 Å². The molecule has 0 saturated carbocycles. The van der Waals surface area contributed by atoms with Crippen molar-refractivity contribution >= 4 is 23.2 Å². The minimum Gasteiger partial charge on any atom is -0.493 e. The quantitative estimate of drug-likeness (QED) is 0.516. The molecule has 0 heterocycles. The first-order chi connectivity index (χ1) is 14.0. The van der Waals surface area contributed by atoms with Crippen LogP contribution in [0.1, 0.15) is 34.0 Å². The van der Waals surface area contributed by atoms with Gasteiger partial charge in [-0.05, 0) is 42.7 Å². The molecule has 29 heavy (non-hydrogen) atoms. The van der Waals surface area contributed by atoms with Gasteiger partial charge in [-0.1, -0.05) is 66.6 Å². The fourth-order valence-electron chi connectivity index (χ4n) is 2.98. The van der Waals surface area contributed by atoms with Crippen LogP contribution in [0, 0.1) is 6.92 Å². The number of anilines is 1. The van der Waals surface area contributed by atoms with Crippen LogP contribution in [-0.2, 0) is 13.0 Å². The summed E-state index contributed by atoms with van der Waals surface area (Å²) in [6.45, 7) is 4.43. The first-order valence-corrected chi connectivity index (χ1v) is 9.84. The van der Waals surface area contributed by atoms with Crippen molar-refractivity contribution in [3.63, 3.8) is 0 Å². The normalized spacial score (nSPS) is 10.5. The van der Waals surface area contributed by atoms with Crippen molar-refractivity contribution in [1.82, 2.24) is 0 Å². The number of rotatable bonds is 7. The molecular formula is C24H24ClNO3. The fourth-order valence-corrected chi connectivity index (χ4v) is 3.24. The van der Waals surface area contributed by atoms with Crippen molar-refractivity contribution in [1.29, 1.82) is 0 Å². The zero-order chi connectivity index (χ0) is 20.8. The summed E-state index contributed by atoms with van der Waals surface area (Å²) >= 11 is 6.43. The number of ether oxygens (including phenoxy) is 2. The minimum absolute atomic E-state index is 0.254. The maximum absolute atomic E-state index is 12.8. The van der Waals surface area contributed by atoms with Gasteiger partial charge in [0.2, 0.25) is 0 Å². The molecule has 0 bridgehead atoms. The predicted molar refractivity (Wildman–Crippen MR) is 117 cm³/mol. The van der Waals surface area contributed by atoms with Gasteiger partial charge in [0.25, 0.3) is 5.91 Å². The van der Waals surface area contributed by atoms with Gasteiger partial charge in [0, 0.05) is 11.3 Å². The predicted octanol–water partition coefficient (Wildman–Crippen LogP) is 6.05. The smallest absolute Gasteiger partial charge is 0.255 e. The number of nitrogens with one attached hydrogen (secondary N) is 1. The highest BCUT2D eigenvalue weighted by molar-refractivity contribution is 6.32. The maximum atomic E-state index is 12.8. The van der Waals surface area contributed by atoms with Crippen molar-refractivity contribution < 1.29 is 14.3 Å². The van der Waals surface area contributed by atoms with E-state index in [0.29, 0.717) is 28.7 Å². The van der Waals surface area contributed by atoms with Gasteiger partial charge in [-0.25, -0.2) is 0 Å². The standard InChI is InChI=1S/C24H24ClNO3/c1-4-18-7-5-6-8-21(18)26-24(27)19-13-20(25)23(22(14-19)28-3)29-15-17-11-9-16(2)10-12-17/h5-14H,4,15H2,1-3H3,(H,26,27). The van der Waals surface area contributed by atoms with Gasteiger partial charge in [-0.3, -0.25) is 4.79 Å². The molecule has 0 atom stereocenters. The second kappa shape index (κ2) is 9.48. The molecule has 4 nitrogen and oxygen atoms in total. The SMILES string of the molecule is CCc1ccccc1NC(=O)c1cc(Cl)c(OCc2ccc(C)cc2)c(OC)c1. The molecule has 150 valence electrons. The van der Waals surface area contributed by atoms with E-state index in [4.69, 9.17) is 21.1 Å². The lowest BCUT2D eigenvalue weighted by atomic mass is 10.1. The van der Waals surface area contributed by atoms with Crippen molar-refractivity contribution in [2.24, 2.45) is 0 Å². The number of halogens is 1. The van der Waals surface area contributed by atoms with Gasteiger partial charge in [0.05, 0.1) is 12.1 Å². The van der Waals surface area contributed by atoms with E-state index in [9.17, 15) is 4.79 Å². The Bertz CT molecular complexity index is 1000. The van der Waals surface area contributed by atoms with Gasteiger partial charge >= 0.3 is 0 Å². The molecular weight excluding hydrogens is 386 g/mol. The third-order valence-electron chi connectivity index (χ3n) is 4.64. The van der Waals surface area contributed by atoms with E-state index in [0.717, 1.165) is 23.2 Å². The van der Waals surface area contributed by atoms with Crippen LogP contribution in [-0.4, -0.2) is 13.0 Å². The van der Waals surface area contributed by atoms with Crippen LogP contribution in [0.2, 0.25) is 5.02 Å². The van der Waals surface area contributed by atoms with Gasteiger partial charge in [0.1, 0.15) is 6.61 Å². The molecule has 0 aliphatic rings. The summed E-state index contributed by atoms with van der Waals surface area (Å²) in [4.78, 5) is 12.8. The van der Waals surface area contributed by atoms with E-state index in [2.05, 4.69) is 5.32 Å². The molecule has 0 unspecified atom stereocenters. The number of methoxy groups -OCH3 is 1. The largest absolute Gasteiger partial charge is 0.493 e. The first-order valence-electron chi connectivity index (χ1n) is 9.47. The number of carbonyl (C=O) groups excluding carboxylic acids is 1. The summed E-state index contributed by atoms with van der Waals surface area (Å²) in [6, 6.07) is 19.0. The molecule has 1 amide bonds.